The van der Waals surface area contributed by atoms with Crippen LogP contribution in [0.5, 0.6) is 0 Å². The van der Waals surface area contributed by atoms with Gasteiger partial charge in [0.15, 0.2) is 0 Å². The van der Waals surface area contributed by atoms with Crippen molar-refractivity contribution in [2.45, 2.75) is 13.0 Å². The third-order valence-corrected chi connectivity index (χ3v) is 5.22. The van der Waals surface area contributed by atoms with Crippen molar-refractivity contribution in [1.29, 1.82) is 0 Å². The Kier molecular flexibility index (Phi) is 4.25. The first-order valence-corrected chi connectivity index (χ1v) is 9.50. The fourth-order valence-electron chi connectivity index (χ4n) is 3.79. The van der Waals surface area contributed by atoms with E-state index in [1.807, 2.05) is 24.4 Å². The lowest BCUT2D eigenvalue weighted by atomic mass is 10.00. The molecule has 4 aromatic rings. The molecular weight excluding hydrogens is 350 g/mol. The van der Waals surface area contributed by atoms with Crippen LogP contribution in [0.2, 0.25) is 0 Å². The molecule has 1 aromatic carbocycles. The molecule has 1 aliphatic heterocycles. The third kappa shape index (κ3) is 2.92. The lowest BCUT2D eigenvalue weighted by Crippen LogP contribution is -2.44. The molecule has 1 aliphatic rings. The number of morpholine rings is 1. The van der Waals surface area contributed by atoms with Crippen LogP contribution in [0.3, 0.4) is 0 Å². The number of aromatic amines is 1. The second-order valence-corrected chi connectivity index (χ2v) is 7.04. The van der Waals surface area contributed by atoms with Gasteiger partial charge in [-0.2, -0.15) is 5.10 Å². The zero-order valence-corrected chi connectivity index (χ0v) is 15.7. The topological polar surface area (TPSA) is 66.9 Å². The molecule has 6 heteroatoms. The minimum absolute atomic E-state index is 0.273. The van der Waals surface area contributed by atoms with Crippen LogP contribution in [0.4, 0.5) is 5.82 Å². The van der Waals surface area contributed by atoms with Gasteiger partial charge in [0.25, 0.3) is 0 Å². The minimum Gasteiger partial charge on any atom is -0.377 e. The first kappa shape index (κ1) is 16.9. The minimum atomic E-state index is 0.273. The SMILES string of the molecule is CC1COCCN1c1cc(-c2ccccc2)c2ccnc(-c3ccn[nH]3)c2n1. The van der Waals surface area contributed by atoms with Gasteiger partial charge in [0.1, 0.15) is 17.0 Å². The van der Waals surface area contributed by atoms with Crippen LogP contribution < -0.4 is 4.90 Å². The largest absolute Gasteiger partial charge is 0.377 e. The predicted octanol–water partition coefficient (Wildman–Crippen LogP) is 3.91. The Balaban J connectivity index is 1.78. The Morgan fingerprint density at radius 3 is 2.79 bits per heavy atom. The highest BCUT2D eigenvalue weighted by Gasteiger charge is 2.23. The van der Waals surface area contributed by atoms with Crippen LogP contribution in [0, 0.1) is 0 Å². The van der Waals surface area contributed by atoms with Gasteiger partial charge < -0.3 is 9.64 Å². The van der Waals surface area contributed by atoms with Crippen molar-refractivity contribution in [2.24, 2.45) is 0 Å². The van der Waals surface area contributed by atoms with E-state index in [4.69, 9.17) is 9.72 Å². The van der Waals surface area contributed by atoms with Crippen LogP contribution >= 0.6 is 0 Å². The zero-order chi connectivity index (χ0) is 18.9. The monoisotopic (exact) mass is 371 g/mol. The van der Waals surface area contributed by atoms with E-state index < -0.39 is 0 Å². The standard InChI is InChI=1S/C22H21N5O/c1-15-14-28-12-11-27(15)20-13-18(16-5-3-2-4-6-16)17-7-9-23-22(21(17)25-20)19-8-10-24-26-19/h2-10,13,15H,11-12,14H2,1H3,(H,24,26). The van der Waals surface area contributed by atoms with E-state index in [0.29, 0.717) is 13.2 Å². The molecule has 6 nitrogen and oxygen atoms in total. The first-order chi connectivity index (χ1) is 13.8. The van der Waals surface area contributed by atoms with E-state index in [0.717, 1.165) is 40.2 Å². The molecule has 0 spiro atoms. The summed E-state index contributed by atoms with van der Waals surface area (Å²) >= 11 is 0. The van der Waals surface area contributed by atoms with Crippen molar-refractivity contribution in [2.75, 3.05) is 24.7 Å². The highest BCUT2D eigenvalue weighted by atomic mass is 16.5. The van der Waals surface area contributed by atoms with Crippen molar-refractivity contribution >= 4 is 16.7 Å². The van der Waals surface area contributed by atoms with Gasteiger partial charge in [0.05, 0.1) is 24.9 Å². The smallest absolute Gasteiger partial charge is 0.130 e. The normalized spacial score (nSPS) is 17.2. The van der Waals surface area contributed by atoms with E-state index in [-0.39, 0.29) is 6.04 Å². The Morgan fingerprint density at radius 1 is 1.11 bits per heavy atom. The molecule has 0 amide bonds. The summed E-state index contributed by atoms with van der Waals surface area (Å²) in [7, 11) is 0. The van der Waals surface area contributed by atoms with Crippen molar-refractivity contribution in [1.82, 2.24) is 20.2 Å². The molecule has 1 fully saturated rings. The first-order valence-electron chi connectivity index (χ1n) is 9.50. The summed E-state index contributed by atoms with van der Waals surface area (Å²) in [5, 5.41) is 8.20. The van der Waals surface area contributed by atoms with Crippen LogP contribution in [-0.4, -0.2) is 46.0 Å². The molecule has 1 unspecified atom stereocenters. The summed E-state index contributed by atoms with van der Waals surface area (Å²) < 4.78 is 5.62. The van der Waals surface area contributed by atoms with Crippen molar-refractivity contribution in [3.63, 3.8) is 0 Å². The van der Waals surface area contributed by atoms with E-state index in [9.17, 15) is 0 Å². The maximum atomic E-state index is 5.62. The molecule has 0 radical (unpaired) electrons. The van der Waals surface area contributed by atoms with Gasteiger partial charge in [0, 0.05) is 24.3 Å². The molecule has 0 aliphatic carbocycles. The van der Waals surface area contributed by atoms with Crippen molar-refractivity contribution < 1.29 is 4.74 Å². The van der Waals surface area contributed by atoms with Gasteiger partial charge in [0.2, 0.25) is 0 Å². The van der Waals surface area contributed by atoms with E-state index in [2.05, 4.69) is 57.3 Å². The molecule has 0 bridgehead atoms. The Labute approximate surface area is 163 Å². The van der Waals surface area contributed by atoms with E-state index in [1.54, 1.807) is 6.20 Å². The summed E-state index contributed by atoms with van der Waals surface area (Å²) in [5.41, 5.74) is 4.88. The number of nitrogens with one attached hydrogen (secondary N) is 1. The van der Waals surface area contributed by atoms with Crippen LogP contribution in [0.25, 0.3) is 33.4 Å². The third-order valence-electron chi connectivity index (χ3n) is 5.22. The predicted molar refractivity (Wildman–Crippen MR) is 110 cm³/mol. The van der Waals surface area contributed by atoms with E-state index >= 15 is 0 Å². The Bertz CT molecular complexity index is 1090. The number of hydrogen-bond acceptors (Lipinski definition) is 5. The summed E-state index contributed by atoms with van der Waals surface area (Å²) in [4.78, 5) is 12.0. The van der Waals surface area contributed by atoms with E-state index in [1.165, 1.54) is 5.56 Å². The number of aromatic nitrogens is 4. The fourth-order valence-corrected chi connectivity index (χ4v) is 3.79. The number of ether oxygens (including phenoxy) is 1. The molecule has 1 atom stereocenters. The molecule has 1 N–H and O–H groups in total. The number of rotatable bonds is 3. The second-order valence-electron chi connectivity index (χ2n) is 7.04. The highest BCUT2D eigenvalue weighted by molar-refractivity contribution is 6.01. The van der Waals surface area contributed by atoms with Crippen LogP contribution in [-0.2, 0) is 4.74 Å². The fraction of sp³-hybridized carbons (Fsp3) is 0.227. The lowest BCUT2D eigenvalue weighted by molar-refractivity contribution is 0.0986. The molecule has 1 saturated heterocycles. The number of hydrogen-bond donors (Lipinski definition) is 1. The molecule has 140 valence electrons. The number of fused-ring (bicyclic) bond motifs is 1. The van der Waals surface area contributed by atoms with Gasteiger partial charge in [-0.25, -0.2) is 4.98 Å². The molecular formula is C22H21N5O. The molecule has 0 saturated carbocycles. The van der Waals surface area contributed by atoms with Gasteiger partial charge in [-0.3, -0.25) is 10.1 Å². The average Bonchev–Trinajstić information content (AvgIpc) is 3.28. The quantitative estimate of drug-likeness (QED) is 0.591. The number of nitrogens with zero attached hydrogens (tertiary/aromatic N) is 4. The van der Waals surface area contributed by atoms with Gasteiger partial charge in [-0.1, -0.05) is 30.3 Å². The Hall–Kier alpha value is -3.25. The van der Waals surface area contributed by atoms with Crippen molar-refractivity contribution in [3.05, 3.63) is 60.9 Å². The van der Waals surface area contributed by atoms with Crippen LogP contribution in [0.15, 0.2) is 60.9 Å². The summed E-state index contributed by atoms with van der Waals surface area (Å²) in [6, 6.07) is 16.9. The highest BCUT2D eigenvalue weighted by Crippen LogP contribution is 2.35. The van der Waals surface area contributed by atoms with Crippen molar-refractivity contribution in [3.8, 4) is 22.5 Å². The van der Waals surface area contributed by atoms with Gasteiger partial charge >= 0.3 is 0 Å². The Morgan fingerprint density at radius 2 is 2.00 bits per heavy atom. The van der Waals surface area contributed by atoms with Gasteiger partial charge in [-0.15, -0.1) is 0 Å². The maximum absolute atomic E-state index is 5.62. The summed E-state index contributed by atoms with van der Waals surface area (Å²) in [6.45, 7) is 4.42. The maximum Gasteiger partial charge on any atom is 0.130 e. The number of benzene rings is 1. The molecule has 4 heterocycles. The molecule has 5 rings (SSSR count). The zero-order valence-electron chi connectivity index (χ0n) is 15.7. The van der Waals surface area contributed by atoms with Gasteiger partial charge in [-0.05, 0) is 36.2 Å². The lowest BCUT2D eigenvalue weighted by Gasteiger charge is -2.34. The summed E-state index contributed by atoms with van der Waals surface area (Å²) in [6.07, 6.45) is 3.57. The number of pyridine rings is 2. The average molecular weight is 371 g/mol. The number of anilines is 1. The second kappa shape index (κ2) is 7.05. The molecule has 3 aromatic heterocycles. The number of H-pyrrole nitrogens is 1. The molecule has 28 heavy (non-hydrogen) atoms. The van der Waals surface area contributed by atoms with Crippen LogP contribution in [0.1, 0.15) is 6.92 Å². The summed E-state index contributed by atoms with van der Waals surface area (Å²) in [5.74, 6) is 0.955.